The second kappa shape index (κ2) is 5.88. The monoisotopic (exact) mass is 318 g/mol. The Morgan fingerprint density at radius 1 is 1.36 bits per heavy atom. The molecule has 0 spiro atoms. The minimum absolute atomic E-state index is 0.290. The summed E-state index contributed by atoms with van der Waals surface area (Å²) in [7, 11) is 0. The Balaban J connectivity index is 2.08. The molecule has 22 heavy (non-hydrogen) atoms. The van der Waals surface area contributed by atoms with Crippen LogP contribution >= 0.6 is 11.3 Å². The number of carboxylic acid groups (broad SMARTS) is 1. The number of imidazole rings is 1. The predicted molar refractivity (Wildman–Crippen MR) is 84.0 cm³/mol. The molecule has 6 heteroatoms. The molecule has 0 amide bonds. The molecule has 0 saturated heterocycles. The van der Waals surface area contributed by atoms with E-state index in [4.69, 9.17) is 0 Å². The summed E-state index contributed by atoms with van der Waals surface area (Å²) < 4.78 is 14.9. The lowest BCUT2D eigenvalue weighted by atomic mass is 10.1. The summed E-state index contributed by atoms with van der Waals surface area (Å²) in [6.45, 7) is 2.07. The number of fused-ring (bicyclic) bond motifs is 1. The molecule has 3 rings (SSSR count). The number of nitrogens with zero attached hydrogens (tertiary/aromatic N) is 2. The molecule has 2 heterocycles. The van der Waals surface area contributed by atoms with Crippen LogP contribution in [0.15, 0.2) is 30.5 Å². The molecule has 1 aromatic carbocycles. The van der Waals surface area contributed by atoms with E-state index >= 15 is 0 Å². The summed E-state index contributed by atoms with van der Waals surface area (Å²) >= 11 is 1.18. The third kappa shape index (κ3) is 2.62. The zero-order valence-electron chi connectivity index (χ0n) is 12.0. The zero-order valence-corrected chi connectivity index (χ0v) is 12.9. The standard InChI is InChI=1S/C16H15FN2O2S/c1-2-3-4-13-14(15(20)21)22-16-18-12(9-19(13)16)10-5-7-11(17)8-6-10/h5-9H,2-4H2,1H3,(H,20,21). The molecule has 0 fully saturated rings. The van der Waals surface area contributed by atoms with Gasteiger partial charge in [0, 0.05) is 17.5 Å². The lowest BCUT2D eigenvalue weighted by Crippen LogP contribution is -2.01. The first kappa shape index (κ1) is 14.7. The van der Waals surface area contributed by atoms with E-state index in [1.54, 1.807) is 12.1 Å². The Labute approximate surface area is 130 Å². The number of halogens is 1. The highest BCUT2D eigenvalue weighted by Gasteiger charge is 2.19. The predicted octanol–water partition coefficient (Wildman–Crippen LogP) is 4.24. The van der Waals surface area contributed by atoms with Crippen LogP contribution in [0.25, 0.3) is 16.2 Å². The summed E-state index contributed by atoms with van der Waals surface area (Å²) in [5, 5.41) is 9.33. The van der Waals surface area contributed by atoms with E-state index in [2.05, 4.69) is 11.9 Å². The van der Waals surface area contributed by atoms with Gasteiger partial charge < -0.3 is 5.11 Å². The molecule has 0 unspecified atom stereocenters. The topological polar surface area (TPSA) is 54.6 Å². The molecule has 3 aromatic rings. The number of carbonyl (C=O) groups is 1. The number of rotatable bonds is 5. The van der Waals surface area contributed by atoms with Gasteiger partial charge in [-0.05, 0) is 37.1 Å². The van der Waals surface area contributed by atoms with Crippen LogP contribution < -0.4 is 0 Å². The van der Waals surface area contributed by atoms with Crippen LogP contribution in [0.3, 0.4) is 0 Å². The normalized spacial score (nSPS) is 11.2. The van der Waals surface area contributed by atoms with E-state index in [9.17, 15) is 14.3 Å². The van der Waals surface area contributed by atoms with Crippen LogP contribution in [-0.2, 0) is 6.42 Å². The van der Waals surface area contributed by atoms with Gasteiger partial charge in [0.2, 0.25) is 0 Å². The number of aromatic nitrogens is 2. The van der Waals surface area contributed by atoms with Crippen molar-refractivity contribution >= 4 is 22.3 Å². The first-order chi connectivity index (χ1) is 10.6. The number of aromatic carboxylic acids is 1. The fourth-order valence-corrected chi connectivity index (χ4v) is 3.39. The number of aryl methyl sites for hydroxylation is 1. The molecular weight excluding hydrogens is 303 g/mol. The van der Waals surface area contributed by atoms with Crippen molar-refractivity contribution in [2.24, 2.45) is 0 Å². The van der Waals surface area contributed by atoms with Gasteiger partial charge in [0.25, 0.3) is 0 Å². The molecule has 1 N–H and O–H groups in total. The van der Waals surface area contributed by atoms with E-state index in [1.165, 1.54) is 23.5 Å². The van der Waals surface area contributed by atoms with Gasteiger partial charge >= 0.3 is 5.97 Å². The highest BCUT2D eigenvalue weighted by molar-refractivity contribution is 7.19. The molecular formula is C16H15FN2O2S. The van der Waals surface area contributed by atoms with E-state index in [0.717, 1.165) is 29.8 Å². The maximum Gasteiger partial charge on any atom is 0.347 e. The highest BCUT2D eigenvalue weighted by Crippen LogP contribution is 2.28. The molecule has 0 radical (unpaired) electrons. The van der Waals surface area contributed by atoms with Gasteiger partial charge in [-0.3, -0.25) is 4.40 Å². The van der Waals surface area contributed by atoms with Crippen LogP contribution in [0.5, 0.6) is 0 Å². The fourth-order valence-electron chi connectivity index (χ4n) is 2.39. The van der Waals surface area contributed by atoms with Crippen molar-refractivity contribution in [3.05, 3.63) is 46.9 Å². The molecule has 0 aliphatic heterocycles. The molecule has 0 bridgehead atoms. The number of hydrogen-bond donors (Lipinski definition) is 1. The van der Waals surface area contributed by atoms with Gasteiger partial charge in [-0.25, -0.2) is 14.2 Å². The first-order valence-corrected chi connectivity index (χ1v) is 7.91. The van der Waals surface area contributed by atoms with Crippen LogP contribution in [-0.4, -0.2) is 20.5 Å². The Bertz CT molecular complexity index is 821. The fraction of sp³-hybridized carbons (Fsp3) is 0.250. The largest absolute Gasteiger partial charge is 0.477 e. The van der Waals surface area contributed by atoms with Crippen molar-refractivity contribution in [3.63, 3.8) is 0 Å². The Morgan fingerprint density at radius 3 is 2.73 bits per heavy atom. The second-order valence-corrected chi connectivity index (χ2v) is 6.05. The van der Waals surface area contributed by atoms with E-state index in [1.807, 2.05) is 10.6 Å². The van der Waals surface area contributed by atoms with Crippen molar-refractivity contribution in [3.8, 4) is 11.3 Å². The average Bonchev–Trinajstić information content (AvgIpc) is 3.04. The van der Waals surface area contributed by atoms with Crippen LogP contribution in [0.4, 0.5) is 4.39 Å². The SMILES string of the molecule is CCCCc1c(C(=O)O)sc2nc(-c3ccc(F)cc3)cn12. The van der Waals surface area contributed by atoms with Crippen molar-refractivity contribution in [1.82, 2.24) is 9.38 Å². The summed E-state index contributed by atoms with van der Waals surface area (Å²) in [4.78, 5) is 16.9. The third-order valence-corrected chi connectivity index (χ3v) is 4.61. The minimum atomic E-state index is -0.912. The zero-order chi connectivity index (χ0) is 15.7. The van der Waals surface area contributed by atoms with Gasteiger partial charge in [0.1, 0.15) is 10.7 Å². The summed E-state index contributed by atoms with van der Waals surface area (Å²) in [5.74, 6) is -1.20. The number of unbranched alkanes of at least 4 members (excludes halogenated alkanes) is 1. The van der Waals surface area contributed by atoms with E-state index < -0.39 is 5.97 Å². The highest BCUT2D eigenvalue weighted by atomic mass is 32.1. The van der Waals surface area contributed by atoms with Crippen molar-refractivity contribution in [2.45, 2.75) is 26.2 Å². The van der Waals surface area contributed by atoms with Gasteiger partial charge in [0.15, 0.2) is 4.96 Å². The number of benzene rings is 1. The van der Waals surface area contributed by atoms with Crippen LogP contribution in [0.2, 0.25) is 0 Å². The van der Waals surface area contributed by atoms with Gasteiger partial charge in [-0.1, -0.05) is 24.7 Å². The lowest BCUT2D eigenvalue weighted by molar-refractivity contribution is 0.0700. The first-order valence-electron chi connectivity index (χ1n) is 7.10. The smallest absolute Gasteiger partial charge is 0.347 e. The quantitative estimate of drug-likeness (QED) is 0.765. The molecule has 114 valence electrons. The second-order valence-electron chi connectivity index (χ2n) is 5.07. The number of hydrogen-bond acceptors (Lipinski definition) is 3. The molecule has 2 aromatic heterocycles. The third-order valence-electron chi connectivity index (χ3n) is 3.52. The number of carboxylic acids is 1. The van der Waals surface area contributed by atoms with Crippen LogP contribution in [0.1, 0.15) is 35.1 Å². The van der Waals surface area contributed by atoms with E-state index in [-0.39, 0.29) is 5.82 Å². The lowest BCUT2D eigenvalue weighted by Gasteiger charge is -2.00. The van der Waals surface area contributed by atoms with Gasteiger partial charge in [0.05, 0.1) is 5.69 Å². The maximum atomic E-state index is 13.0. The van der Waals surface area contributed by atoms with E-state index in [0.29, 0.717) is 16.3 Å². The maximum absolute atomic E-state index is 13.0. The average molecular weight is 318 g/mol. The summed E-state index contributed by atoms with van der Waals surface area (Å²) in [6.07, 6.45) is 4.46. The van der Waals surface area contributed by atoms with Crippen molar-refractivity contribution < 1.29 is 14.3 Å². The Morgan fingerprint density at radius 2 is 2.09 bits per heavy atom. The molecule has 0 atom stereocenters. The molecule has 4 nitrogen and oxygen atoms in total. The molecule has 0 aliphatic carbocycles. The van der Waals surface area contributed by atoms with Crippen molar-refractivity contribution in [1.29, 1.82) is 0 Å². The van der Waals surface area contributed by atoms with Crippen molar-refractivity contribution in [2.75, 3.05) is 0 Å². The van der Waals surface area contributed by atoms with Gasteiger partial charge in [-0.15, -0.1) is 0 Å². The van der Waals surface area contributed by atoms with Crippen LogP contribution in [0, 0.1) is 5.82 Å². The summed E-state index contributed by atoms with van der Waals surface area (Å²) in [5.41, 5.74) is 2.33. The Hall–Kier alpha value is -2.21. The molecule has 0 aliphatic rings. The number of thiazole rings is 1. The minimum Gasteiger partial charge on any atom is -0.477 e. The van der Waals surface area contributed by atoms with Gasteiger partial charge in [-0.2, -0.15) is 0 Å². The summed E-state index contributed by atoms with van der Waals surface area (Å²) in [6, 6.07) is 6.13. The Kier molecular flexibility index (Phi) is 3.94. The molecule has 0 saturated carbocycles.